The first-order valence-electron chi connectivity index (χ1n) is 15.8. The van der Waals surface area contributed by atoms with Gasteiger partial charge in [0.05, 0.1) is 18.3 Å². The van der Waals surface area contributed by atoms with Crippen LogP contribution in [0.25, 0.3) is 45.1 Å². The molecule has 224 valence electrons. The number of amides is 1. The van der Waals surface area contributed by atoms with Gasteiger partial charge >= 0.3 is 0 Å². The number of aryl methyl sites for hydroxylation is 1. The zero-order chi connectivity index (χ0) is 30.3. The van der Waals surface area contributed by atoms with Gasteiger partial charge in [0.2, 0.25) is 0 Å². The van der Waals surface area contributed by atoms with Crippen LogP contribution >= 0.6 is 0 Å². The van der Waals surface area contributed by atoms with E-state index in [1.54, 1.807) is 7.11 Å². The van der Waals surface area contributed by atoms with Crippen molar-refractivity contribution < 1.29 is 9.53 Å². The summed E-state index contributed by atoms with van der Waals surface area (Å²) >= 11 is 0. The molecule has 7 heteroatoms. The summed E-state index contributed by atoms with van der Waals surface area (Å²) in [5, 5.41) is 1.22. The number of carbonyl (C=O) groups is 1. The summed E-state index contributed by atoms with van der Waals surface area (Å²) in [6, 6.07) is 21.6. The van der Waals surface area contributed by atoms with Crippen molar-refractivity contribution in [2.75, 3.05) is 13.7 Å². The number of methoxy groups -OCH3 is 1. The fourth-order valence-corrected chi connectivity index (χ4v) is 7.41. The topological polar surface area (TPSA) is 78.3 Å². The van der Waals surface area contributed by atoms with Gasteiger partial charge in [0.25, 0.3) is 5.91 Å². The van der Waals surface area contributed by atoms with E-state index >= 15 is 0 Å². The van der Waals surface area contributed by atoms with Crippen LogP contribution in [0.4, 0.5) is 0 Å². The van der Waals surface area contributed by atoms with Gasteiger partial charge < -0.3 is 24.5 Å². The third-order valence-corrected chi connectivity index (χ3v) is 10.3. The molecule has 8 rings (SSSR count). The summed E-state index contributed by atoms with van der Waals surface area (Å²) in [6.07, 6.45) is 5.82. The minimum absolute atomic E-state index is 0.0179. The normalized spacial score (nSPS) is 21.3. The van der Waals surface area contributed by atoms with Crippen molar-refractivity contribution in [3.05, 3.63) is 82.9 Å². The smallest absolute Gasteiger partial charge is 0.254 e. The number of aromatic nitrogens is 3. The number of nitrogens with two attached hydrogens (primary N) is 1. The molecule has 1 amide bonds. The third kappa shape index (κ3) is 4.28. The van der Waals surface area contributed by atoms with Crippen molar-refractivity contribution in [2.45, 2.75) is 51.7 Å². The van der Waals surface area contributed by atoms with Gasteiger partial charge in [-0.3, -0.25) is 4.79 Å². The molecule has 2 aromatic heterocycles. The predicted octanol–water partition coefficient (Wildman–Crippen LogP) is 6.52. The second kappa shape index (κ2) is 10.1. The lowest BCUT2D eigenvalue weighted by atomic mass is 10.0. The molecule has 2 N–H and O–H groups in total. The van der Waals surface area contributed by atoms with E-state index in [0.29, 0.717) is 23.8 Å². The molecule has 0 radical (unpaired) electrons. The minimum atomic E-state index is -0.0276. The predicted molar refractivity (Wildman–Crippen MR) is 177 cm³/mol. The Morgan fingerprint density at radius 2 is 1.89 bits per heavy atom. The lowest BCUT2D eigenvalue weighted by Crippen LogP contribution is -2.40. The highest BCUT2D eigenvalue weighted by atomic mass is 16.5. The summed E-state index contributed by atoms with van der Waals surface area (Å²) in [7, 11) is 3.71. The van der Waals surface area contributed by atoms with Gasteiger partial charge in [-0.15, -0.1) is 0 Å². The van der Waals surface area contributed by atoms with Gasteiger partial charge in [-0.1, -0.05) is 43.3 Å². The van der Waals surface area contributed by atoms with Crippen LogP contribution in [-0.2, 0) is 20.0 Å². The molecule has 5 aromatic rings. The van der Waals surface area contributed by atoms with E-state index in [1.807, 2.05) is 31.0 Å². The number of rotatable bonds is 6. The molecule has 3 aliphatic rings. The number of benzene rings is 3. The van der Waals surface area contributed by atoms with Crippen molar-refractivity contribution in [1.82, 2.24) is 19.0 Å². The second-order valence-corrected chi connectivity index (χ2v) is 13.2. The quantitative estimate of drug-likeness (QED) is 0.246. The highest BCUT2D eigenvalue weighted by molar-refractivity contribution is 6.01. The minimum Gasteiger partial charge on any atom is -0.494 e. The first kappa shape index (κ1) is 27.2. The van der Waals surface area contributed by atoms with Gasteiger partial charge in [-0.05, 0) is 90.6 Å². The highest BCUT2D eigenvalue weighted by Gasteiger charge is 2.37. The molecule has 3 atom stereocenters. The SMILES string of the molecule is COc1cc(C(=O)N2C[C@@H](C)[C@H](N)[C@H]2C)cc2nc(-c3cc4cc(C5=Cc6ccccc6C5)ccc4n3CC3CC3)n(C)c12. The Morgan fingerprint density at radius 1 is 1.07 bits per heavy atom. The molecule has 1 saturated heterocycles. The first-order chi connectivity index (χ1) is 21.3. The van der Waals surface area contributed by atoms with Crippen LogP contribution < -0.4 is 10.5 Å². The van der Waals surface area contributed by atoms with E-state index in [-0.39, 0.29) is 23.9 Å². The highest BCUT2D eigenvalue weighted by Crippen LogP contribution is 2.40. The van der Waals surface area contributed by atoms with Gasteiger partial charge in [-0.2, -0.15) is 0 Å². The molecule has 1 saturated carbocycles. The molecule has 2 fully saturated rings. The van der Waals surface area contributed by atoms with Crippen molar-refractivity contribution in [1.29, 1.82) is 0 Å². The van der Waals surface area contributed by atoms with E-state index < -0.39 is 0 Å². The number of carbonyl (C=O) groups excluding carboxylic acids is 1. The van der Waals surface area contributed by atoms with Crippen molar-refractivity contribution in [2.24, 2.45) is 24.6 Å². The fraction of sp³-hybridized carbons (Fsp3) is 0.351. The lowest BCUT2D eigenvalue weighted by Gasteiger charge is -2.23. The average Bonchev–Trinajstić information content (AvgIpc) is 3.37. The Labute approximate surface area is 257 Å². The lowest BCUT2D eigenvalue weighted by molar-refractivity contribution is 0.0739. The maximum Gasteiger partial charge on any atom is 0.254 e. The summed E-state index contributed by atoms with van der Waals surface area (Å²) in [6.45, 7) is 5.77. The van der Waals surface area contributed by atoms with Crippen LogP contribution in [0.2, 0.25) is 0 Å². The van der Waals surface area contributed by atoms with Crippen LogP contribution in [0.5, 0.6) is 5.75 Å². The van der Waals surface area contributed by atoms with E-state index in [4.69, 9.17) is 15.5 Å². The Bertz CT molecular complexity index is 1990. The largest absolute Gasteiger partial charge is 0.494 e. The Kier molecular flexibility index (Phi) is 6.24. The number of ether oxygens (including phenoxy) is 1. The molecule has 3 heterocycles. The van der Waals surface area contributed by atoms with E-state index in [2.05, 4.69) is 70.7 Å². The number of nitrogens with zero attached hydrogens (tertiary/aromatic N) is 4. The molecule has 3 aromatic carbocycles. The standard InChI is InChI=1S/C37H39N5O2/c1-21-19-41(22(2)34(21)38)37(43)29-16-30-35(33(18-29)44-4)40(3)36(39-30)32-17-28-15-26(11-12-31(28)42(32)20-23-9-10-23)27-13-24-7-5-6-8-25(24)14-27/h5-8,11-13,15-18,21-23,34H,9-10,14,19-20,38H2,1-4H3/t21-,22-,34+/m1/s1. The van der Waals surface area contributed by atoms with Crippen molar-refractivity contribution in [3.8, 4) is 17.3 Å². The van der Waals surface area contributed by atoms with Gasteiger partial charge in [0.1, 0.15) is 11.3 Å². The van der Waals surface area contributed by atoms with Crippen LogP contribution in [0.1, 0.15) is 53.7 Å². The summed E-state index contributed by atoms with van der Waals surface area (Å²) in [5.41, 5.74) is 16.3. The van der Waals surface area contributed by atoms with Crippen molar-refractivity contribution >= 4 is 39.5 Å². The van der Waals surface area contributed by atoms with Crippen LogP contribution in [0, 0.1) is 11.8 Å². The first-order valence-corrected chi connectivity index (χ1v) is 15.8. The number of hydrogen-bond acceptors (Lipinski definition) is 4. The molecular formula is C37H39N5O2. The van der Waals surface area contributed by atoms with Crippen molar-refractivity contribution in [3.63, 3.8) is 0 Å². The van der Waals surface area contributed by atoms with E-state index in [0.717, 1.165) is 35.5 Å². The molecule has 0 unspecified atom stereocenters. The number of likely N-dealkylation sites (tertiary alicyclic amines) is 1. The van der Waals surface area contributed by atoms with Gasteiger partial charge in [-0.25, -0.2) is 4.98 Å². The van der Waals surface area contributed by atoms with E-state index in [9.17, 15) is 4.79 Å². The van der Waals surface area contributed by atoms with Crippen LogP contribution in [-0.4, -0.2) is 50.7 Å². The Hall–Kier alpha value is -4.36. The van der Waals surface area contributed by atoms with Crippen LogP contribution in [0.15, 0.2) is 60.7 Å². The molecular weight excluding hydrogens is 546 g/mol. The molecule has 0 bridgehead atoms. The zero-order valence-electron chi connectivity index (χ0n) is 25.9. The fourth-order valence-electron chi connectivity index (χ4n) is 7.41. The monoisotopic (exact) mass is 585 g/mol. The Balaban J connectivity index is 1.22. The molecule has 2 aliphatic carbocycles. The second-order valence-electron chi connectivity index (χ2n) is 13.2. The van der Waals surface area contributed by atoms with E-state index in [1.165, 1.54) is 46.0 Å². The number of hydrogen-bond donors (Lipinski definition) is 1. The van der Waals surface area contributed by atoms with Gasteiger partial charge in [0, 0.05) is 48.7 Å². The average molecular weight is 586 g/mol. The summed E-state index contributed by atoms with van der Waals surface area (Å²) in [5.74, 6) is 2.45. The maximum absolute atomic E-state index is 13.7. The summed E-state index contributed by atoms with van der Waals surface area (Å²) in [4.78, 5) is 20.8. The summed E-state index contributed by atoms with van der Waals surface area (Å²) < 4.78 is 10.4. The number of imidazole rings is 1. The number of allylic oxidation sites excluding steroid dienone is 1. The molecule has 44 heavy (non-hydrogen) atoms. The van der Waals surface area contributed by atoms with Crippen LogP contribution in [0.3, 0.4) is 0 Å². The Morgan fingerprint density at radius 3 is 2.61 bits per heavy atom. The molecule has 1 aliphatic heterocycles. The maximum atomic E-state index is 13.7. The molecule has 0 spiro atoms. The zero-order valence-corrected chi connectivity index (χ0v) is 25.9. The third-order valence-electron chi connectivity index (χ3n) is 10.3. The molecule has 7 nitrogen and oxygen atoms in total. The van der Waals surface area contributed by atoms with Gasteiger partial charge in [0.15, 0.2) is 5.82 Å². The number of fused-ring (bicyclic) bond motifs is 3.